The molecule has 27 heavy (non-hydrogen) atoms. The van der Waals surface area contributed by atoms with E-state index in [2.05, 4.69) is 29.8 Å². The molecule has 0 bridgehead atoms. The molecule has 1 heterocycles. The average molecular weight is 365 g/mol. The minimum Gasteiger partial charge on any atom is -0.366 e. The number of carbonyl (C=O) groups excluding carboxylic acids is 2. The number of para-hydroxylation sites is 1. The molecule has 1 aromatic carbocycles. The van der Waals surface area contributed by atoms with E-state index in [9.17, 15) is 9.59 Å². The molecule has 0 saturated heterocycles. The Kier molecular flexibility index (Phi) is 5.79. The molecule has 5 nitrogen and oxygen atoms in total. The Hall–Kier alpha value is -2.82. The summed E-state index contributed by atoms with van der Waals surface area (Å²) in [5, 5.41) is 2.73. The van der Waals surface area contributed by atoms with E-state index in [1.54, 1.807) is 24.3 Å². The molecule has 1 fully saturated rings. The van der Waals surface area contributed by atoms with E-state index in [0.717, 1.165) is 5.56 Å². The molecule has 142 valence electrons. The molecule has 2 aromatic rings. The number of nitrogens with two attached hydrogens (primary N) is 1. The Balaban J connectivity index is 1.74. The van der Waals surface area contributed by atoms with E-state index in [-0.39, 0.29) is 5.91 Å². The van der Waals surface area contributed by atoms with Gasteiger partial charge in [0.05, 0.1) is 11.3 Å². The van der Waals surface area contributed by atoms with Gasteiger partial charge < -0.3 is 15.6 Å². The number of amides is 2. The summed E-state index contributed by atoms with van der Waals surface area (Å²) in [6, 6.07) is 9.43. The van der Waals surface area contributed by atoms with Crippen LogP contribution in [0.1, 0.15) is 65.5 Å². The number of nitrogens with one attached hydrogen (secondary N) is 1. The molecular weight excluding hydrogens is 338 g/mol. The number of hydrogen-bond acceptors (Lipinski definition) is 2. The second kappa shape index (κ2) is 8.25. The SMILES string of the molecule is Cc1cc(/C=C/C(=O)Nc2ccccc2C(N)=O)c(C)n1C1CCCCC1. The van der Waals surface area contributed by atoms with Crippen LogP contribution in [-0.2, 0) is 4.79 Å². The molecule has 3 rings (SSSR count). The first-order chi connectivity index (χ1) is 13.0. The summed E-state index contributed by atoms with van der Waals surface area (Å²) in [6.45, 7) is 4.24. The minimum absolute atomic E-state index is 0.286. The molecule has 1 saturated carbocycles. The molecule has 1 aliphatic carbocycles. The molecule has 3 N–H and O–H groups in total. The third-order valence-corrected chi connectivity index (χ3v) is 5.33. The van der Waals surface area contributed by atoms with Gasteiger partial charge in [-0.15, -0.1) is 0 Å². The summed E-state index contributed by atoms with van der Waals surface area (Å²) in [6.07, 6.45) is 9.70. The van der Waals surface area contributed by atoms with Crippen LogP contribution in [0.15, 0.2) is 36.4 Å². The first kappa shape index (κ1) is 19.0. The van der Waals surface area contributed by atoms with Crippen molar-refractivity contribution in [1.29, 1.82) is 0 Å². The van der Waals surface area contributed by atoms with Crippen LogP contribution in [0.4, 0.5) is 5.69 Å². The number of aryl methyl sites for hydroxylation is 1. The van der Waals surface area contributed by atoms with Gasteiger partial charge in [0.15, 0.2) is 0 Å². The summed E-state index contributed by atoms with van der Waals surface area (Å²) >= 11 is 0. The average Bonchev–Trinajstić information content (AvgIpc) is 2.94. The number of hydrogen-bond donors (Lipinski definition) is 2. The highest BCUT2D eigenvalue weighted by Crippen LogP contribution is 2.32. The molecular formula is C22H27N3O2. The highest BCUT2D eigenvalue weighted by Gasteiger charge is 2.19. The van der Waals surface area contributed by atoms with E-state index in [1.165, 1.54) is 49.6 Å². The summed E-state index contributed by atoms with van der Waals surface area (Å²) in [5.74, 6) is -0.850. The predicted octanol–water partition coefficient (Wildman–Crippen LogP) is 4.36. The number of benzene rings is 1. The largest absolute Gasteiger partial charge is 0.366 e. The van der Waals surface area contributed by atoms with Crippen LogP contribution in [0.25, 0.3) is 6.08 Å². The fourth-order valence-corrected chi connectivity index (χ4v) is 4.02. The van der Waals surface area contributed by atoms with Gasteiger partial charge >= 0.3 is 0 Å². The highest BCUT2D eigenvalue weighted by atomic mass is 16.2. The van der Waals surface area contributed by atoms with Gasteiger partial charge in [0, 0.05) is 23.5 Å². The van der Waals surface area contributed by atoms with Gasteiger partial charge in [-0.1, -0.05) is 31.4 Å². The number of carbonyl (C=O) groups is 2. The van der Waals surface area contributed by atoms with Crippen molar-refractivity contribution in [3.8, 4) is 0 Å². The zero-order valence-corrected chi connectivity index (χ0v) is 16.0. The van der Waals surface area contributed by atoms with Crippen LogP contribution in [0.3, 0.4) is 0 Å². The molecule has 0 spiro atoms. The normalized spacial score (nSPS) is 15.2. The maximum Gasteiger partial charge on any atom is 0.250 e. The Bertz CT molecular complexity index is 874. The lowest BCUT2D eigenvalue weighted by Gasteiger charge is -2.26. The number of primary amides is 1. The molecule has 1 aromatic heterocycles. The van der Waals surface area contributed by atoms with Crippen molar-refractivity contribution in [3.63, 3.8) is 0 Å². The fourth-order valence-electron chi connectivity index (χ4n) is 4.02. The lowest BCUT2D eigenvalue weighted by atomic mass is 9.95. The number of rotatable bonds is 5. The van der Waals surface area contributed by atoms with E-state index < -0.39 is 5.91 Å². The van der Waals surface area contributed by atoms with Crippen LogP contribution in [0.2, 0.25) is 0 Å². The summed E-state index contributed by atoms with van der Waals surface area (Å²) in [5.41, 5.74) is 9.56. The van der Waals surface area contributed by atoms with Crippen molar-refractivity contribution < 1.29 is 9.59 Å². The standard InChI is InChI=1S/C22H27N3O2/c1-15-14-17(16(2)25(15)18-8-4-3-5-9-18)12-13-21(26)24-20-11-7-6-10-19(20)22(23)27/h6-7,10-14,18H,3-5,8-9H2,1-2H3,(H2,23,27)(H,24,26)/b13-12+. The van der Waals surface area contributed by atoms with Gasteiger partial charge in [-0.2, -0.15) is 0 Å². The maximum atomic E-state index is 12.3. The zero-order valence-electron chi connectivity index (χ0n) is 16.0. The van der Waals surface area contributed by atoms with Crippen molar-refractivity contribution in [3.05, 3.63) is 58.9 Å². The summed E-state index contributed by atoms with van der Waals surface area (Å²) < 4.78 is 2.42. The third-order valence-electron chi connectivity index (χ3n) is 5.33. The zero-order chi connectivity index (χ0) is 19.4. The van der Waals surface area contributed by atoms with E-state index >= 15 is 0 Å². The first-order valence-corrected chi connectivity index (χ1v) is 9.53. The number of aromatic nitrogens is 1. The van der Waals surface area contributed by atoms with E-state index in [1.807, 2.05) is 6.08 Å². The van der Waals surface area contributed by atoms with Crippen molar-refractivity contribution >= 4 is 23.6 Å². The van der Waals surface area contributed by atoms with Crippen molar-refractivity contribution in [2.45, 2.75) is 52.0 Å². The van der Waals surface area contributed by atoms with Crippen molar-refractivity contribution in [2.75, 3.05) is 5.32 Å². The van der Waals surface area contributed by atoms with Crippen molar-refractivity contribution in [1.82, 2.24) is 4.57 Å². The van der Waals surface area contributed by atoms with Gasteiger partial charge in [0.25, 0.3) is 5.91 Å². The predicted molar refractivity (Wildman–Crippen MR) is 109 cm³/mol. The second-order valence-electron chi connectivity index (χ2n) is 7.22. The Morgan fingerprint density at radius 2 is 1.85 bits per heavy atom. The molecule has 0 radical (unpaired) electrons. The first-order valence-electron chi connectivity index (χ1n) is 9.53. The van der Waals surface area contributed by atoms with Crippen molar-refractivity contribution in [2.24, 2.45) is 5.73 Å². The van der Waals surface area contributed by atoms with Gasteiger partial charge in [0.2, 0.25) is 5.91 Å². The lowest BCUT2D eigenvalue weighted by Crippen LogP contribution is -2.16. The molecule has 0 unspecified atom stereocenters. The summed E-state index contributed by atoms with van der Waals surface area (Å²) in [7, 11) is 0. The minimum atomic E-state index is -0.564. The molecule has 5 heteroatoms. The molecule has 1 aliphatic rings. The quantitative estimate of drug-likeness (QED) is 0.772. The fraction of sp³-hybridized carbons (Fsp3) is 0.364. The van der Waals surface area contributed by atoms with Crippen LogP contribution in [0, 0.1) is 13.8 Å². The van der Waals surface area contributed by atoms with Crippen LogP contribution in [-0.4, -0.2) is 16.4 Å². The summed E-state index contributed by atoms with van der Waals surface area (Å²) in [4.78, 5) is 23.8. The van der Waals surface area contributed by atoms with Gasteiger partial charge in [-0.05, 0) is 56.5 Å². The van der Waals surface area contributed by atoms with E-state index in [4.69, 9.17) is 5.73 Å². The second-order valence-corrected chi connectivity index (χ2v) is 7.22. The van der Waals surface area contributed by atoms with Crippen LogP contribution < -0.4 is 11.1 Å². The molecule has 0 aliphatic heterocycles. The maximum absolute atomic E-state index is 12.3. The van der Waals surface area contributed by atoms with Gasteiger partial charge in [-0.25, -0.2) is 0 Å². The third kappa shape index (κ3) is 4.30. The van der Waals surface area contributed by atoms with Crippen LogP contribution in [0.5, 0.6) is 0 Å². The molecule has 2 amide bonds. The molecule has 0 atom stereocenters. The topological polar surface area (TPSA) is 77.1 Å². The van der Waals surface area contributed by atoms with Gasteiger partial charge in [0.1, 0.15) is 0 Å². The Morgan fingerprint density at radius 3 is 2.56 bits per heavy atom. The Labute approximate surface area is 160 Å². The van der Waals surface area contributed by atoms with E-state index in [0.29, 0.717) is 17.3 Å². The smallest absolute Gasteiger partial charge is 0.250 e. The lowest BCUT2D eigenvalue weighted by molar-refractivity contribution is -0.111. The highest BCUT2D eigenvalue weighted by molar-refractivity contribution is 6.07. The van der Waals surface area contributed by atoms with Crippen LogP contribution >= 0.6 is 0 Å². The van der Waals surface area contributed by atoms with Gasteiger partial charge in [-0.3, -0.25) is 9.59 Å². The number of anilines is 1. The Morgan fingerprint density at radius 1 is 1.15 bits per heavy atom. The number of nitrogens with zero attached hydrogens (tertiary/aromatic N) is 1. The monoisotopic (exact) mass is 365 g/mol.